The fourth-order valence-electron chi connectivity index (χ4n) is 1.24. The van der Waals surface area contributed by atoms with Crippen molar-refractivity contribution < 1.29 is 0 Å². The van der Waals surface area contributed by atoms with Gasteiger partial charge in [0.05, 0.1) is 0 Å². The topological polar surface area (TPSA) is 37.8 Å². The third-order valence-corrected chi connectivity index (χ3v) is 3.19. The first kappa shape index (κ1) is 12.5. The van der Waals surface area contributed by atoms with Crippen molar-refractivity contribution in [3.05, 3.63) is 18.0 Å². The minimum absolute atomic E-state index is 0.560. The molecule has 15 heavy (non-hydrogen) atoms. The molecule has 4 heteroatoms. The lowest BCUT2D eigenvalue weighted by Gasteiger charge is -2.14. The van der Waals surface area contributed by atoms with E-state index in [-0.39, 0.29) is 0 Å². The van der Waals surface area contributed by atoms with Crippen LogP contribution in [-0.4, -0.2) is 28.3 Å². The van der Waals surface area contributed by atoms with Crippen molar-refractivity contribution >= 4 is 11.8 Å². The maximum atomic E-state index is 4.27. The van der Waals surface area contributed by atoms with E-state index in [1.54, 1.807) is 11.8 Å². The summed E-state index contributed by atoms with van der Waals surface area (Å²) < 4.78 is 0. The van der Waals surface area contributed by atoms with Gasteiger partial charge in [0.2, 0.25) is 0 Å². The molecule has 1 aromatic rings. The van der Waals surface area contributed by atoms with Crippen molar-refractivity contribution in [3.8, 4) is 0 Å². The fourth-order valence-corrected chi connectivity index (χ4v) is 2.20. The molecule has 1 atom stereocenters. The SMILES string of the molecule is CCNC(CC)CSc1ncc(C)cn1. The van der Waals surface area contributed by atoms with E-state index in [1.807, 2.05) is 19.3 Å². The van der Waals surface area contributed by atoms with E-state index < -0.39 is 0 Å². The predicted octanol–water partition coefficient (Wildman–Crippen LogP) is 2.27. The van der Waals surface area contributed by atoms with E-state index in [2.05, 4.69) is 29.1 Å². The van der Waals surface area contributed by atoms with Crippen LogP contribution in [0.5, 0.6) is 0 Å². The largest absolute Gasteiger partial charge is 0.313 e. The third kappa shape index (κ3) is 4.62. The molecule has 1 N–H and O–H groups in total. The zero-order chi connectivity index (χ0) is 11.1. The quantitative estimate of drug-likeness (QED) is 0.595. The van der Waals surface area contributed by atoms with Gasteiger partial charge in [-0.3, -0.25) is 0 Å². The Kier molecular flexibility index (Phi) is 5.65. The van der Waals surface area contributed by atoms with Crippen molar-refractivity contribution in [1.29, 1.82) is 0 Å². The Balaban J connectivity index is 2.38. The number of thioether (sulfide) groups is 1. The Bertz CT molecular complexity index is 274. The number of aromatic nitrogens is 2. The Morgan fingerprint density at radius 2 is 2.00 bits per heavy atom. The predicted molar refractivity (Wildman–Crippen MR) is 65.2 cm³/mol. The van der Waals surface area contributed by atoms with E-state index in [9.17, 15) is 0 Å². The van der Waals surface area contributed by atoms with Gasteiger partial charge >= 0.3 is 0 Å². The van der Waals surface area contributed by atoms with Gasteiger partial charge in [-0.1, -0.05) is 25.6 Å². The van der Waals surface area contributed by atoms with Crippen molar-refractivity contribution in [3.63, 3.8) is 0 Å². The Hall–Kier alpha value is -0.610. The molecule has 0 saturated carbocycles. The van der Waals surface area contributed by atoms with Crippen molar-refractivity contribution in [2.45, 2.75) is 38.4 Å². The number of nitrogens with one attached hydrogen (secondary N) is 1. The summed E-state index contributed by atoms with van der Waals surface area (Å²) in [5, 5.41) is 4.31. The van der Waals surface area contributed by atoms with Gasteiger partial charge in [-0.2, -0.15) is 0 Å². The average molecular weight is 225 g/mol. The molecule has 1 aromatic heterocycles. The van der Waals surface area contributed by atoms with Gasteiger partial charge in [0.1, 0.15) is 0 Å². The first-order valence-corrected chi connectivity index (χ1v) is 6.39. The second kappa shape index (κ2) is 6.80. The minimum atomic E-state index is 0.560. The molecule has 0 aromatic carbocycles. The molecule has 0 spiro atoms. The van der Waals surface area contributed by atoms with E-state index in [4.69, 9.17) is 0 Å². The smallest absolute Gasteiger partial charge is 0.187 e. The summed E-state index contributed by atoms with van der Waals surface area (Å²) >= 11 is 1.72. The Labute approximate surface area is 96.1 Å². The van der Waals surface area contributed by atoms with E-state index in [1.165, 1.54) is 0 Å². The van der Waals surface area contributed by atoms with Crippen LogP contribution in [0.4, 0.5) is 0 Å². The molecular weight excluding hydrogens is 206 g/mol. The zero-order valence-electron chi connectivity index (χ0n) is 9.66. The molecule has 1 unspecified atom stereocenters. The number of hydrogen-bond donors (Lipinski definition) is 1. The molecule has 0 amide bonds. The maximum absolute atomic E-state index is 4.27. The van der Waals surface area contributed by atoms with Crippen LogP contribution in [0, 0.1) is 6.92 Å². The highest BCUT2D eigenvalue weighted by Gasteiger charge is 2.06. The summed E-state index contributed by atoms with van der Waals surface area (Å²) in [6.45, 7) is 7.36. The summed E-state index contributed by atoms with van der Waals surface area (Å²) in [5.41, 5.74) is 1.11. The van der Waals surface area contributed by atoms with E-state index >= 15 is 0 Å². The molecule has 84 valence electrons. The summed E-state index contributed by atoms with van der Waals surface area (Å²) in [6.07, 6.45) is 4.87. The Morgan fingerprint density at radius 3 is 2.53 bits per heavy atom. The van der Waals surface area contributed by atoms with Gasteiger partial charge in [-0.15, -0.1) is 0 Å². The van der Waals surface area contributed by atoms with E-state index in [0.717, 1.165) is 29.4 Å². The maximum Gasteiger partial charge on any atom is 0.187 e. The fraction of sp³-hybridized carbons (Fsp3) is 0.636. The number of aryl methyl sites for hydroxylation is 1. The second-order valence-electron chi connectivity index (χ2n) is 3.52. The third-order valence-electron chi connectivity index (χ3n) is 2.16. The van der Waals surface area contributed by atoms with Crippen LogP contribution in [0.1, 0.15) is 25.8 Å². The summed E-state index contributed by atoms with van der Waals surface area (Å²) in [7, 11) is 0. The first-order valence-electron chi connectivity index (χ1n) is 5.41. The van der Waals surface area contributed by atoms with E-state index in [0.29, 0.717) is 6.04 Å². The molecule has 0 aliphatic heterocycles. The summed E-state index contributed by atoms with van der Waals surface area (Å²) in [6, 6.07) is 0.560. The lowest BCUT2D eigenvalue weighted by atomic mass is 10.2. The molecule has 0 aliphatic rings. The molecule has 1 heterocycles. The van der Waals surface area contributed by atoms with Gasteiger partial charge in [0, 0.05) is 24.2 Å². The van der Waals surface area contributed by atoms with Crippen LogP contribution in [0.15, 0.2) is 17.6 Å². The summed E-state index contributed by atoms with van der Waals surface area (Å²) in [4.78, 5) is 8.54. The highest BCUT2D eigenvalue weighted by molar-refractivity contribution is 7.99. The lowest BCUT2D eigenvalue weighted by Crippen LogP contribution is -2.30. The molecule has 0 radical (unpaired) electrons. The monoisotopic (exact) mass is 225 g/mol. The minimum Gasteiger partial charge on any atom is -0.313 e. The molecule has 3 nitrogen and oxygen atoms in total. The molecule has 1 rings (SSSR count). The van der Waals surface area contributed by atoms with Gasteiger partial charge in [-0.25, -0.2) is 9.97 Å². The molecule has 0 bridgehead atoms. The van der Waals surface area contributed by atoms with Crippen molar-refractivity contribution in [2.75, 3.05) is 12.3 Å². The number of hydrogen-bond acceptors (Lipinski definition) is 4. The van der Waals surface area contributed by atoms with Gasteiger partial charge in [0.15, 0.2) is 5.16 Å². The van der Waals surface area contributed by atoms with Crippen LogP contribution in [-0.2, 0) is 0 Å². The van der Waals surface area contributed by atoms with Crippen LogP contribution in [0.3, 0.4) is 0 Å². The number of nitrogens with zero attached hydrogens (tertiary/aromatic N) is 2. The highest BCUT2D eigenvalue weighted by atomic mass is 32.2. The van der Waals surface area contributed by atoms with Crippen molar-refractivity contribution in [2.24, 2.45) is 0 Å². The number of rotatable bonds is 6. The molecule has 0 fully saturated rings. The van der Waals surface area contributed by atoms with Crippen LogP contribution >= 0.6 is 11.8 Å². The molecule has 0 saturated heterocycles. The van der Waals surface area contributed by atoms with Crippen LogP contribution in [0.25, 0.3) is 0 Å². The highest BCUT2D eigenvalue weighted by Crippen LogP contribution is 2.14. The van der Waals surface area contributed by atoms with Gasteiger partial charge in [0.25, 0.3) is 0 Å². The Morgan fingerprint density at radius 1 is 1.33 bits per heavy atom. The lowest BCUT2D eigenvalue weighted by molar-refractivity contribution is 0.560. The summed E-state index contributed by atoms with van der Waals surface area (Å²) in [5.74, 6) is 1.04. The van der Waals surface area contributed by atoms with Crippen LogP contribution < -0.4 is 5.32 Å². The normalized spacial score (nSPS) is 12.7. The van der Waals surface area contributed by atoms with Gasteiger partial charge in [-0.05, 0) is 25.5 Å². The second-order valence-corrected chi connectivity index (χ2v) is 4.50. The first-order chi connectivity index (χ1) is 7.26. The molecule has 0 aliphatic carbocycles. The zero-order valence-corrected chi connectivity index (χ0v) is 10.5. The van der Waals surface area contributed by atoms with Crippen LogP contribution in [0.2, 0.25) is 0 Å². The standard InChI is InChI=1S/C11H19N3S/c1-4-10(12-5-2)8-15-11-13-6-9(3)7-14-11/h6-7,10,12H,4-5,8H2,1-3H3. The van der Waals surface area contributed by atoms with Gasteiger partial charge < -0.3 is 5.32 Å². The average Bonchev–Trinajstić information content (AvgIpc) is 2.26. The van der Waals surface area contributed by atoms with Crippen molar-refractivity contribution in [1.82, 2.24) is 15.3 Å². The molecular formula is C11H19N3S.